The first-order valence-corrected chi connectivity index (χ1v) is 10.1. The molecular weight excluding hydrogens is 364 g/mol. The number of rotatable bonds is 2. The Labute approximate surface area is 174 Å². The molecule has 140 valence electrons. The van der Waals surface area contributed by atoms with Gasteiger partial charge in [-0.3, -0.25) is 0 Å². The lowest BCUT2D eigenvalue weighted by Crippen LogP contribution is -1.96. The van der Waals surface area contributed by atoms with Crippen LogP contribution >= 0.6 is 0 Å². The molecule has 0 saturated heterocycles. The molecule has 5 aromatic carbocycles. The van der Waals surface area contributed by atoms with Crippen molar-refractivity contribution < 1.29 is 0 Å². The van der Waals surface area contributed by atoms with E-state index < -0.39 is 0 Å². The van der Waals surface area contributed by atoms with Gasteiger partial charge in [-0.2, -0.15) is 0 Å². The maximum atomic E-state index is 4.73. The highest BCUT2D eigenvalue weighted by molar-refractivity contribution is 6.22. The number of aromatic nitrogens is 2. The highest BCUT2D eigenvalue weighted by atomic mass is 15.1. The van der Waals surface area contributed by atoms with Gasteiger partial charge in [0.1, 0.15) is 11.4 Å². The van der Waals surface area contributed by atoms with Crippen LogP contribution in [0.1, 0.15) is 0 Å². The number of hydrogen-bond donors (Lipinski definition) is 0. The van der Waals surface area contributed by atoms with Gasteiger partial charge in [-0.05, 0) is 21.5 Å². The second-order valence-electron chi connectivity index (χ2n) is 7.50. The first kappa shape index (κ1) is 16.9. The van der Waals surface area contributed by atoms with E-state index in [1.165, 1.54) is 21.5 Å². The molecule has 0 saturated carbocycles. The lowest BCUT2D eigenvalue weighted by atomic mass is 9.93. The summed E-state index contributed by atoms with van der Waals surface area (Å²) in [6.45, 7) is 0. The molecule has 0 spiro atoms. The molecule has 0 bridgehead atoms. The van der Waals surface area contributed by atoms with Gasteiger partial charge in [-0.25, -0.2) is 0 Å². The highest BCUT2D eigenvalue weighted by Crippen LogP contribution is 2.38. The molecule has 0 N–H and O–H groups in total. The topological polar surface area (TPSA) is 25.8 Å². The van der Waals surface area contributed by atoms with Gasteiger partial charge in [0.05, 0.1) is 0 Å². The Morgan fingerprint density at radius 1 is 0.367 bits per heavy atom. The molecule has 0 amide bonds. The maximum Gasteiger partial charge on any atom is 0.101 e. The van der Waals surface area contributed by atoms with E-state index in [2.05, 4.69) is 90.0 Å². The monoisotopic (exact) mass is 382 g/mol. The van der Waals surface area contributed by atoms with Gasteiger partial charge in [0, 0.05) is 21.9 Å². The van der Waals surface area contributed by atoms with Crippen LogP contribution in [0.3, 0.4) is 0 Å². The van der Waals surface area contributed by atoms with Crippen LogP contribution in [0.25, 0.3) is 54.8 Å². The molecule has 2 heteroatoms. The molecule has 0 unspecified atom stereocenters. The molecule has 2 nitrogen and oxygen atoms in total. The summed E-state index contributed by atoms with van der Waals surface area (Å²) in [6, 6.07) is 38.0. The van der Waals surface area contributed by atoms with Crippen molar-refractivity contribution in [2.24, 2.45) is 0 Å². The van der Waals surface area contributed by atoms with Gasteiger partial charge < -0.3 is 0 Å². The van der Waals surface area contributed by atoms with E-state index in [1.807, 2.05) is 24.3 Å². The predicted molar refractivity (Wildman–Crippen MR) is 125 cm³/mol. The molecule has 0 aliphatic heterocycles. The zero-order valence-electron chi connectivity index (χ0n) is 16.3. The van der Waals surface area contributed by atoms with Gasteiger partial charge in [-0.1, -0.05) is 109 Å². The molecule has 1 aromatic heterocycles. The van der Waals surface area contributed by atoms with Crippen molar-refractivity contribution in [3.05, 3.63) is 109 Å². The lowest BCUT2D eigenvalue weighted by Gasteiger charge is -2.13. The Kier molecular flexibility index (Phi) is 3.82. The molecule has 0 radical (unpaired) electrons. The highest BCUT2D eigenvalue weighted by Gasteiger charge is 2.16. The Hall–Kier alpha value is -4.04. The van der Waals surface area contributed by atoms with Gasteiger partial charge in [-0.15, -0.1) is 10.2 Å². The smallest absolute Gasteiger partial charge is 0.101 e. The Morgan fingerprint density at radius 3 is 1.70 bits per heavy atom. The van der Waals surface area contributed by atoms with Crippen LogP contribution in [0.4, 0.5) is 0 Å². The minimum atomic E-state index is 0.917. The average molecular weight is 382 g/mol. The van der Waals surface area contributed by atoms with Crippen molar-refractivity contribution in [1.29, 1.82) is 0 Å². The largest absolute Gasteiger partial charge is 0.149 e. The van der Waals surface area contributed by atoms with Crippen molar-refractivity contribution in [3.8, 4) is 22.5 Å². The SMILES string of the molecule is c1ccc(-c2nnc(-c3ccccc3)c3c2ccc2c4ccccc4ccc23)cc1. The Balaban J connectivity index is 1.80. The molecule has 30 heavy (non-hydrogen) atoms. The third-order valence-corrected chi connectivity index (χ3v) is 5.76. The van der Waals surface area contributed by atoms with Gasteiger partial charge in [0.2, 0.25) is 0 Å². The summed E-state index contributed by atoms with van der Waals surface area (Å²) in [5.41, 5.74) is 4.00. The minimum absolute atomic E-state index is 0.917. The van der Waals surface area contributed by atoms with Crippen LogP contribution in [0.5, 0.6) is 0 Å². The number of benzene rings is 5. The van der Waals surface area contributed by atoms with E-state index >= 15 is 0 Å². The Morgan fingerprint density at radius 2 is 0.933 bits per heavy atom. The van der Waals surface area contributed by atoms with E-state index in [0.29, 0.717) is 0 Å². The normalized spacial score (nSPS) is 11.3. The van der Waals surface area contributed by atoms with Crippen LogP contribution in [0.2, 0.25) is 0 Å². The van der Waals surface area contributed by atoms with Crippen molar-refractivity contribution in [3.63, 3.8) is 0 Å². The minimum Gasteiger partial charge on any atom is -0.149 e. The second kappa shape index (κ2) is 6.78. The second-order valence-corrected chi connectivity index (χ2v) is 7.50. The summed E-state index contributed by atoms with van der Waals surface area (Å²) in [4.78, 5) is 0. The standard InChI is InChI=1S/C28H18N2/c1-3-10-20(11-4-1)27-25-18-17-23-22-14-8-7-9-19(22)15-16-24(23)26(25)28(30-29-27)21-12-5-2-6-13-21/h1-18H. The van der Waals surface area contributed by atoms with E-state index in [4.69, 9.17) is 5.10 Å². The van der Waals surface area contributed by atoms with Crippen LogP contribution in [-0.4, -0.2) is 10.2 Å². The summed E-state index contributed by atoms with van der Waals surface area (Å²) in [7, 11) is 0. The quantitative estimate of drug-likeness (QED) is 0.294. The summed E-state index contributed by atoms with van der Waals surface area (Å²) >= 11 is 0. The fourth-order valence-electron chi connectivity index (χ4n) is 4.35. The van der Waals surface area contributed by atoms with Crippen LogP contribution in [-0.2, 0) is 0 Å². The van der Waals surface area contributed by atoms with Crippen LogP contribution < -0.4 is 0 Å². The third-order valence-electron chi connectivity index (χ3n) is 5.76. The lowest BCUT2D eigenvalue weighted by molar-refractivity contribution is 1.06. The van der Waals surface area contributed by atoms with Gasteiger partial charge in [0.25, 0.3) is 0 Å². The fourth-order valence-corrected chi connectivity index (χ4v) is 4.35. The van der Waals surface area contributed by atoms with Crippen LogP contribution in [0, 0.1) is 0 Å². The van der Waals surface area contributed by atoms with E-state index in [0.717, 1.165) is 33.3 Å². The molecule has 0 fully saturated rings. The number of nitrogens with zero attached hydrogens (tertiary/aromatic N) is 2. The predicted octanol–water partition coefficient (Wildman–Crippen LogP) is 7.27. The van der Waals surface area contributed by atoms with Crippen LogP contribution in [0.15, 0.2) is 109 Å². The van der Waals surface area contributed by atoms with E-state index in [-0.39, 0.29) is 0 Å². The van der Waals surface area contributed by atoms with E-state index in [1.54, 1.807) is 0 Å². The molecular formula is C28H18N2. The summed E-state index contributed by atoms with van der Waals surface area (Å²) in [5.74, 6) is 0. The van der Waals surface area contributed by atoms with Gasteiger partial charge in [0.15, 0.2) is 0 Å². The fraction of sp³-hybridized carbons (Fsp3) is 0. The number of hydrogen-bond acceptors (Lipinski definition) is 2. The molecule has 6 aromatic rings. The maximum absolute atomic E-state index is 4.73. The summed E-state index contributed by atoms with van der Waals surface area (Å²) in [6.07, 6.45) is 0. The van der Waals surface area contributed by atoms with Crippen molar-refractivity contribution in [1.82, 2.24) is 10.2 Å². The Bertz CT molecular complexity index is 1520. The van der Waals surface area contributed by atoms with Crippen molar-refractivity contribution in [2.45, 2.75) is 0 Å². The molecule has 0 aliphatic rings. The summed E-state index contributed by atoms with van der Waals surface area (Å²) < 4.78 is 0. The first-order valence-electron chi connectivity index (χ1n) is 10.1. The molecule has 0 aliphatic carbocycles. The summed E-state index contributed by atoms with van der Waals surface area (Å²) in [5, 5.41) is 16.6. The molecule has 0 atom stereocenters. The van der Waals surface area contributed by atoms with E-state index in [9.17, 15) is 0 Å². The third kappa shape index (κ3) is 2.58. The molecule has 6 rings (SSSR count). The zero-order chi connectivity index (χ0) is 19.9. The van der Waals surface area contributed by atoms with Crippen molar-refractivity contribution in [2.75, 3.05) is 0 Å². The first-order chi connectivity index (χ1) is 14.9. The molecule has 1 heterocycles. The number of fused-ring (bicyclic) bond motifs is 5. The average Bonchev–Trinajstić information content (AvgIpc) is 2.84. The zero-order valence-corrected chi connectivity index (χ0v) is 16.3. The van der Waals surface area contributed by atoms with Gasteiger partial charge >= 0.3 is 0 Å². The van der Waals surface area contributed by atoms with Crippen molar-refractivity contribution >= 4 is 32.3 Å².